The lowest BCUT2D eigenvalue weighted by Gasteiger charge is -2.15. The van der Waals surface area contributed by atoms with E-state index in [4.69, 9.17) is 18.3 Å². The van der Waals surface area contributed by atoms with Crippen LogP contribution < -0.4 is 14.4 Å². The normalized spacial score (nSPS) is 10.5. The number of aromatic nitrogens is 1. The van der Waals surface area contributed by atoms with Crippen molar-refractivity contribution >= 4 is 5.88 Å². The second-order valence-corrected chi connectivity index (χ2v) is 6.86. The number of benzene rings is 2. The van der Waals surface area contributed by atoms with Crippen LogP contribution in [0.5, 0.6) is 11.5 Å². The highest BCUT2D eigenvalue weighted by Crippen LogP contribution is 2.30. The largest absolute Gasteiger partial charge is 0.497 e. The number of rotatable bonds is 8. The number of oxazole rings is 1. The number of nitriles is 1. The van der Waals surface area contributed by atoms with Crippen molar-refractivity contribution in [3.05, 3.63) is 83.7 Å². The third-order valence-corrected chi connectivity index (χ3v) is 4.64. The Hall–Kier alpha value is -4.18. The Kier molecular flexibility index (Phi) is 5.90. The van der Waals surface area contributed by atoms with Crippen molar-refractivity contribution in [1.29, 1.82) is 5.26 Å². The Morgan fingerprint density at radius 3 is 2.42 bits per heavy atom. The van der Waals surface area contributed by atoms with Gasteiger partial charge in [0.25, 0.3) is 5.89 Å². The Morgan fingerprint density at radius 2 is 1.71 bits per heavy atom. The summed E-state index contributed by atoms with van der Waals surface area (Å²) in [7, 11) is 3.47. The van der Waals surface area contributed by atoms with Crippen LogP contribution in [0.3, 0.4) is 0 Å². The first-order chi connectivity index (χ1) is 15.2. The molecule has 2 aromatic carbocycles. The lowest BCUT2D eigenvalue weighted by atomic mass is 10.2. The highest BCUT2D eigenvalue weighted by molar-refractivity contribution is 5.55. The summed E-state index contributed by atoms with van der Waals surface area (Å²) < 4.78 is 22.6. The zero-order valence-electron chi connectivity index (χ0n) is 17.2. The monoisotopic (exact) mass is 415 g/mol. The molecule has 2 aromatic heterocycles. The van der Waals surface area contributed by atoms with Gasteiger partial charge in [-0.3, -0.25) is 0 Å². The van der Waals surface area contributed by atoms with Crippen LogP contribution >= 0.6 is 0 Å². The summed E-state index contributed by atoms with van der Waals surface area (Å²) >= 11 is 0. The van der Waals surface area contributed by atoms with Crippen LogP contribution in [0.15, 0.2) is 75.6 Å². The number of methoxy groups -OCH3 is 1. The molecular weight excluding hydrogens is 394 g/mol. The molecule has 7 nitrogen and oxygen atoms in total. The molecule has 4 rings (SSSR count). The molecule has 2 heterocycles. The van der Waals surface area contributed by atoms with E-state index in [0.717, 1.165) is 11.3 Å². The fourth-order valence-corrected chi connectivity index (χ4v) is 3.07. The summed E-state index contributed by atoms with van der Waals surface area (Å²) in [6, 6.07) is 22.9. The molecule has 0 bridgehead atoms. The Balaban J connectivity index is 1.46. The molecule has 0 unspecified atom stereocenters. The van der Waals surface area contributed by atoms with Gasteiger partial charge in [-0.2, -0.15) is 10.2 Å². The quantitative estimate of drug-likeness (QED) is 0.399. The topological polar surface area (TPSA) is 84.7 Å². The zero-order valence-corrected chi connectivity index (χ0v) is 17.2. The first kappa shape index (κ1) is 20.1. The standard InChI is InChI=1S/C24H21N3O4/c1-27(15-17-6-4-3-5-7-17)24-21(14-25)26-23(31-24)22-13-12-20(30-22)16-29-19-10-8-18(28-2)9-11-19/h3-13H,15-16H2,1-2H3. The molecule has 0 radical (unpaired) electrons. The lowest BCUT2D eigenvalue weighted by molar-refractivity contribution is 0.270. The molecule has 0 atom stereocenters. The van der Waals surface area contributed by atoms with Gasteiger partial charge in [0, 0.05) is 13.6 Å². The molecule has 4 aromatic rings. The molecule has 0 saturated heterocycles. The third kappa shape index (κ3) is 4.70. The van der Waals surface area contributed by atoms with Gasteiger partial charge in [-0.1, -0.05) is 30.3 Å². The van der Waals surface area contributed by atoms with Gasteiger partial charge in [0.2, 0.25) is 11.6 Å². The second-order valence-electron chi connectivity index (χ2n) is 6.86. The molecule has 0 amide bonds. The SMILES string of the molecule is COc1ccc(OCc2ccc(-c3nc(C#N)c(N(C)Cc4ccccc4)o3)o2)cc1. The maximum atomic E-state index is 9.49. The molecule has 0 saturated carbocycles. The average Bonchev–Trinajstić information content (AvgIpc) is 3.46. The van der Waals surface area contributed by atoms with Crippen LogP contribution in [0.25, 0.3) is 11.7 Å². The third-order valence-electron chi connectivity index (χ3n) is 4.64. The molecule has 31 heavy (non-hydrogen) atoms. The minimum absolute atomic E-state index is 0.209. The van der Waals surface area contributed by atoms with Crippen molar-refractivity contribution in [2.24, 2.45) is 0 Å². The number of hydrogen-bond acceptors (Lipinski definition) is 7. The summed E-state index contributed by atoms with van der Waals surface area (Å²) in [5.41, 5.74) is 1.31. The van der Waals surface area contributed by atoms with E-state index < -0.39 is 0 Å². The molecule has 0 aliphatic rings. The van der Waals surface area contributed by atoms with Crippen molar-refractivity contribution in [3.63, 3.8) is 0 Å². The van der Waals surface area contributed by atoms with Crippen molar-refractivity contribution in [2.75, 3.05) is 19.1 Å². The minimum Gasteiger partial charge on any atom is -0.497 e. The van der Waals surface area contributed by atoms with E-state index in [-0.39, 0.29) is 18.2 Å². The van der Waals surface area contributed by atoms with Crippen molar-refractivity contribution in [2.45, 2.75) is 13.2 Å². The highest BCUT2D eigenvalue weighted by atomic mass is 16.5. The smallest absolute Gasteiger partial charge is 0.266 e. The van der Waals surface area contributed by atoms with Gasteiger partial charge in [0.05, 0.1) is 7.11 Å². The summed E-state index contributed by atoms with van der Waals surface area (Å²) in [6.07, 6.45) is 0. The predicted molar refractivity (Wildman–Crippen MR) is 115 cm³/mol. The van der Waals surface area contributed by atoms with Gasteiger partial charge in [0.1, 0.15) is 29.9 Å². The predicted octanol–water partition coefficient (Wildman–Crippen LogP) is 5.03. The van der Waals surface area contributed by atoms with Gasteiger partial charge < -0.3 is 23.2 Å². The number of hydrogen-bond donors (Lipinski definition) is 0. The molecule has 0 aliphatic carbocycles. The maximum Gasteiger partial charge on any atom is 0.266 e. The van der Waals surface area contributed by atoms with E-state index in [1.54, 1.807) is 19.2 Å². The molecule has 0 N–H and O–H groups in total. The van der Waals surface area contributed by atoms with Crippen molar-refractivity contribution in [3.8, 4) is 29.2 Å². The zero-order chi connectivity index (χ0) is 21.6. The Bertz CT molecular complexity index is 1170. The maximum absolute atomic E-state index is 9.49. The molecule has 0 spiro atoms. The summed E-state index contributed by atoms with van der Waals surface area (Å²) in [4.78, 5) is 6.14. The number of ether oxygens (including phenoxy) is 2. The highest BCUT2D eigenvalue weighted by Gasteiger charge is 2.20. The van der Waals surface area contributed by atoms with Crippen LogP contribution in [-0.2, 0) is 13.2 Å². The van der Waals surface area contributed by atoms with Gasteiger partial charge >= 0.3 is 0 Å². The van der Waals surface area contributed by atoms with Crippen LogP contribution in [0.4, 0.5) is 5.88 Å². The van der Waals surface area contributed by atoms with Crippen LogP contribution in [0, 0.1) is 11.3 Å². The fourth-order valence-electron chi connectivity index (χ4n) is 3.07. The number of nitrogens with zero attached hydrogens (tertiary/aromatic N) is 3. The fraction of sp³-hybridized carbons (Fsp3) is 0.167. The van der Waals surface area contributed by atoms with E-state index in [1.807, 2.05) is 66.5 Å². The van der Waals surface area contributed by atoms with Crippen molar-refractivity contribution in [1.82, 2.24) is 4.98 Å². The first-order valence-corrected chi connectivity index (χ1v) is 9.68. The number of anilines is 1. The molecule has 0 aliphatic heterocycles. The molecule has 0 fully saturated rings. The van der Waals surface area contributed by atoms with Crippen LogP contribution in [0.2, 0.25) is 0 Å². The van der Waals surface area contributed by atoms with Gasteiger partial charge in [-0.05, 0) is 42.0 Å². The first-order valence-electron chi connectivity index (χ1n) is 9.68. The lowest BCUT2D eigenvalue weighted by Crippen LogP contribution is -2.16. The van der Waals surface area contributed by atoms with Crippen LogP contribution in [-0.4, -0.2) is 19.1 Å². The van der Waals surface area contributed by atoms with E-state index in [9.17, 15) is 5.26 Å². The molecule has 156 valence electrons. The Morgan fingerprint density at radius 1 is 0.968 bits per heavy atom. The summed E-state index contributed by atoms with van der Waals surface area (Å²) in [5, 5.41) is 9.49. The van der Waals surface area contributed by atoms with E-state index in [2.05, 4.69) is 11.1 Å². The van der Waals surface area contributed by atoms with Crippen molar-refractivity contribution < 1.29 is 18.3 Å². The number of furan rings is 1. The minimum atomic E-state index is 0.209. The van der Waals surface area contributed by atoms with Gasteiger partial charge in [-0.25, -0.2) is 0 Å². The van der Waals surface area contributed by atoms with E-state index in [1.165, 1.54) is 0 Å². The average molecular weight is 415 g/mol. The van der Waals surface area contributed by atoms with E-state index in [0.29, 0.717) is 29.7 Å². The summed E-state index contributed by atoms with van der Waals surface area (Å²) in [5.74, 6) is 3.16. The second kappa shape index (κ2) is 9.09. The van der Waals surface area contributed by atoms with Gasteiger partial charge in [0.15, 0.2) is 5.76 Å². The van der Waals surface area contributed by atoms with Crippen LogP contribution in [0.1, 0.15) is 17.0 Å². The Labute approximate surface area is 180 Å². The molecular formula is C24H21N3O4. The molecule has 7 heteroatoms. The van der Waals surface area contributed by atoms with E-state index >= 15 is 0 Å². The summed E-state index contributed by atoms with van der Waals surface area (Å²) in [6.45, 7) is 0.835. The van der Waals surface area contributed by atoms with Gasteiger partial charge in [-0.15, -0.1) is 0 Å².